The Labute approximate surface area is 122 Å². The zero-order valence-corrected chi connectivity index (χ0v) is 12.4. The van der Waals surface area contributed by atoms with Crippen LogP contribution in [0.25, 0.3) is 0 Å². The van der Waals surface area contributed by atoms with Crippen molar-refractivity contribution in [3.05, 3.63) is 41.3 Å². The molecule has 0 fully saturated rings. The van der Waals surface area contributed by atoms with Gasteiger partial charge >= 0.3 is 0 Å². The van der Waals surface area contributed by atoms with Gasteiger partial charge in [-0.1, -0.05) is 17.8 Å². The predicted molar refractivity (Wildman–Crippen MR) is 79.1 cm³/mol. The Morgan fingerprint density at radius 2 is 2.30 bits per heavy atom. The molecule has 1 aromatic carbocycles. The number of aromatic nitrogens is 1. The molecule has 4 nitrogen and oxygen atoms in total. The maximum atomic E-state index is 6.42. The molecule has 2 N–H and O–H groups in total. The van der Waals surface area contributed by atoms with E-state index in [0.717, 1.165) is 24.3 Å². The summed E-state index contributed by atoms with van der Waals surface area (Å²) < 4.78 is 10.7. The van der Waals surface area contributed by atoms with Crippen LogP contribution in [0.3, 0.4) is 0 Å². The molecule has 0 bridgehead atoms. The lowest BCUT2D eigenvalue weighted by Gasteiger charge is -2.30. The van der Waals surface area contributed by atoms with Gasteiger partial charge in [0.2, 0.25) is 0 Å². The number of nitrogens with two attached hydrogens (primary N) is 1. The Bertz CT molecular complexity index is 612. The lowest BCUT2D eigenvalue weighted by Crippen LogP contribution is -2.29. The second kappa shape index (κ2) is 5.50. The second-order valence-corrected chi connectivity index (χ2v) is 6.23. The quantitative estimate of drug-likeness (QED) is 0.941. The summed E-state index contributed by atoms with van der Waals surface area (Å²) in [4.78, 5) is 4.34. The Kier molecular flexibility index (Phi) is 3.72. The predicted octanol–water partition coefficient (Wildman–Crippen LogP) is 3.10. The summed E-state index contributed by atoms with van der Waals surface area (Å²) in [5, 5.41) is 0.988. The lowest BCUT2D eigenvalue weighted by molar-refractivity contribution is 0.412. The van der Waals surface area contributed by atoms with Crippen LogP contribution in [0.5, 0.6) is 5.75 Å². The Morgan fingerprint density at radius 1 is 1.45 bits per heavy atom. The van der Waals surface area contributed by atoms with Crippen molar-refractivity contribution < 1.29 is 9.15 Å². The molecule has 1 aromatic heterocycles. The average molecular weight is 290 g/mol. The number of hydrogen-bond donors (Lipinski definition) is 1. The average Bonchev–Trinajstić information content (AvgIpc) is 2.87. The molecule has 0 radical (unpaired) electrons. The minimum absolute atomic E-state index is 0.0222. The number of fused-ring (bicyclic) bond motifs is 1. The topological polar surface area (TPSA) is 61.3 Å². The van der Waals surface area contributed by atoms with Gasteiger partial charge in [-0.05, 0) is 43.0 Å². The van der Waals surface area contributed by atoms with Gasteiger partial charge in [0.05, 0.1) is 12.8 Å². The van der Waals surface area contributed by atoms with E-state index in [1.165, 1.54) is 11.1 Å². The van der Waals surface area contributed by atoms with E-state index in [-0.39, 0.29) is 11.3 Å². The lowest BCUT2D eigenvalue weighted by atomic mass is 9.87. The first-order valence-corrected chi connectivity index (χ1v) is 7.56. The van der Waals surface area contributed by atoms with E-state index >= 15 is 0 Å². The fraction of sp³-hybridized carbons (Fsp3) is 0.400. The van der Waals surface area contributed by atoms with E-state index < -0.39 is 0 Å². The first kappa shape index (κ1) is 13.5. The third-order valence-electron chi connectivity index (χ3n) is 3.66. The zero-order valence-electron chi connectivity index (χ0n) is 11.6. The molecular formula is C15H18N2O2S. The highest BCUT2D eigenvalue weighted by Crippen LogP contribution is 2.39. The number of thioether (sulfide) groups is 1. The molecule has 2 aromatic rings. The molecule has 0 saturated heterocycles. The highest BCUT2D eigenvalue weighted by Gasteiger charge is 2.29. The van der Waals surface area contributed by atoms with Gasteiger partial charge in [0, 0.05) is 11.3 Å². The summed E-state index contributed by atoms with van der Waals surface area (Å²) in [5.74, 6) is 0.858. The first-order valence-electron chi connectivity index (χ1n) is 6.68. The number of hydrogen-bond acceptors (Lipinski definition) is 5. The smallest absolute Gasteiger partial charge is 0.256 e. The largest absolute Gasteiger partial charge is 0.497 e. The van der Waals surface area contributed by atoms with E-state index in [4.69, 9.17) is 14.9 Å². The Balaban J connectivity index is 1.82. The summed E-state index contributed by atoms with van der Waals surface area (Å²) in [5.41, 5.74) is 9.82. The molecule has 0 saturated carbocycles. The maximum absolute atomic E-state index is 6.42. The molecule has 0 amide bonds. The molecule has 1 aliphatic rings. The summed E-state index contributed by atoms with van der Waals surface area (Å²) in [7, 11) is 1.68. The first-order chi connectivity index (χ1) is 9.67. The minimum atomic E-state index is -0.0222. The molecule has 5 heteroatoms. The van der Waals surface area contributed by atoms with Crippen LogP contribution in [0.15, 0.2) is 34.1 Å². The highest BCUT2D eigenvalue weighted by atomic mass is 32.2. The van der Waals surface area contributed by atoms with Crippen LogP contribution in [0.4, 0.5) is 0 Å². The van der Waals surface area contributed by atoms with Crippen molar-refractivity contribution in [2.75, 3.05) is 7.11 Å². The Morgan fingerprint density at radius 3 is 3.00 bits per heavy atom. The summed E-state index contributed by atoms with van der Waals surface area (Å²) >= 11 is 1.63. The third-order valence-corrected chi connectivity index (χ3v) is 4.88. The molecule has 0 aliphatic heterocycles. The molecule has 2 unspecified atom stereocenters. The van der Waals surface area contributed by atoms with Crippen molar-refractivity contribution in [1.29, 1.82) is 0 Å². The molecule has 20 heavy (non-hydrogen) atoms. The van der Waals surface area contributed by atoms with Gasteiger partial charge in [0.25, 0.3) is 5.22 Å². The number of oxazole rings is 1. The molecule has 0 spiro atoms. The van der Waals surface area contributed by atoms with Crippen molar-refractivity contribution in [3.8, 4) is 5.75 Å². The van der Waals surface area contributed by atoms with Crippen LogP contribution in [0.2, 0.25) is 0 Å². The highest BCUT2D eigenvalue weighted by molar-refractivity contribution is 7.99. The second-order valence-electron chi connectivity index (χ2n) is 5.04. The molecule has 3 rings (SSSR count). The normalized spacial score (nSPS) is 21.6. The van der Waals surface area contributed by atoms with Gasteiger partial charge in [-0.2, -0.15) is 0 Å². The number of nitrogens with zero attached hydrogens (tertiary/aromatic N) is 1. The van der Waals surface area contributed by atoms with E-state index in [2.05, 4.69) is 11.1 Å². The third kappa shape index (κ3) is 2.55. The minimum Gasteiger partial charge on any atom is -0.497 e. The number of rotatable bonds is 3. The summed E-state index contributed by atoms with van der Waals surface area (Å²) in [6.07, 6.45) is 3.74. The summed E-state index contributed by atoms with van der Waals surface area (Å²) in [6, 6.07) is 6.14. The standard InChI is InChI=1S/C15H18N2O2S/c1-9-8-19-15(17-9)20-13-6-4-10-3-5-11(18-2)7-12(10)14(13)16/h3,5,7-8,13-14H,4,6,16H2,1-2H3. The van der Waals surface area contributed by atoms with Crippen molar-refractivity contribution in [3.63, 3.8) is 0 Å². The van der Waals surface area contributed by atoms with Crippen molar-refractivity contribution in [1.82, 2.24) is 4.98 Å². The maximum Gasteiger partial charge on any atom is 0.256 e. The van der Waals surface area contributed by atoms with E-state index in [0.29, 0.717) is 5.22 Å². The molecule has 1 heterocycles. The number of aryl methyl sites for hydroxylation is 2. The van der Waals surface area contributed by atoms with Gasteiger partial charge in [0.15, 0.2) is 0 Å². The molecule has 1 aliphatic carbocycles. The molecular weight excluding hydrogens is 272 g/mol. The Hall–Kier alpha value is -1.46. The summed E-state index contributed by atoms with van der Waals surface area (Å²) in [6.45, 7) is 1.93. The van der Waals surface area contributed by atoms with Gasteiger partial charge in [-0.3, -0.25) is 0 Å². The van der Waals surface area contributed by atoms with Gasteiger partial charge < -0.3 is 14.9 Å². The van der Waals surface area contributed by atoms with Crippen LogP contribution in [-0.2, 0) is 6.42 Å². The van der Waals surface area contributed by atoms with Crippen LogP contribution in [-0.4, -0.2) is 17.3 Å². The van der Waals surface area contributed by atoms with Crippen LogP contribution < -0.4 is 10.5 Å². The van der Waals surface area contributed by atoms with Crippen molar-refractivity contribution >= 4 is 11.8 Å². The molecule has 2 atom stereocenters. The van der Waals surface area contributed by atoms with Crippen molar-refractivity contribution in [2.45, 2.75) is 36.3 Å². The number of benzene rings is 1. The monoisotopic (exact) mass is 290 g/mol. The van der Waals surface area contributed by atoms with Gasteiger partial charge in [0.1, 0.15) is 12.0 Å². The van der Waals surface area contributed by atoms with Crippen LogP contribution in [0, 0.1) is 6.92 Å². The van der Waals surface area contributed by atoms with E-state index in [1.807, 2.05) is 19.1 Å². The van der Waals surface area contributed by atoms with Crippen LogP contribution >= 0.6 is 11.8 Å². The SMILES string of the molecule is COc1ccc2c(c1)C(N)C(Sc1nc(C)co1)CC2. The zero-order chi connectivity index (χ0) is 14.1. The van der Waals surface area contributed by atoms with Gasteiger partial charge in [-0.25, -0.2) is 4.98 Å². The van der Waals surface area contributed by atoms with Gasteiger partial charge in [-0.15, -0.1) is 0 Å². The number of methoxy groups -OCH3 is 1. The molecule has 106 valence electrons. The van der Waals surface area contributed by atoms with E-state index in [1.54, 1.807) is 25.1 Å². The fourth-order valence-electron chi connectivity index (χ4n) is 2.56. The van der Waals surface area contributed by atoms with Crippen LogP contribution in [0.1, 0.15) is 29.3 Å². The van der Waals surface area contributed by atoms with Crippen molar-refractivity contribution in [2.24, 2.45) is 5.73 Å². The van der Waals surface area contributed by atoms with E-state index in [9.17, 15) is 0 Å². The number of ether oxygens (including phenoxy) is 1. The fourth-order valence-corrected chi connectivity index (χ4v) is 3.65.